The summed E-state index contributed by atoms with van der Waals surface area (Å²) in [4.78, 5) is 2.48. The monoisotopic (exact) mass is 266 g/mol. The fourth-order valence-electron chi connectivity index (χ4n) is 4.70. The van der Waals surface area contributed by atoms with E-state index >= 15 is 0 Å². The summed E-state index contributed by atoms with van der Waals surface area (Å²) < 4.78 is 0. The van der Waals surface area contributed by atoms with Gasteiger partial charge in [-0.25, -0.2) is 0 Å². The molecular formula is C17H34N2. The standard InChI is InChI=1S/C17H34N2/c1-16(2)11-15(12-17(3,4)13-16)18-14-7-6-9-19(5)10-8-14/h14-15,18H,6-13H2,1-5H3. The molecule has 2 rings (SSSR count). The average molecular weight is 266 g/mol. The van der Waals surface area contributed by atoms with Gasteiger partial charge in [-0.15, -0.1) is 0 Å². The second kappa shape index (κ2) is 5.73. The highest BCUT2D eigenvalue weighted by Gasteiger charge is 2.38. The van der Waals surface area contributed by atoms with Crippen molar-refractivity contribution in [3.63, 3.8) is 0 Å². The van der Waals surface area contributed by atoms with E-state index in [1.165, 1.54) is 51.6 Å². The molecule has 1 saturated carbocycles. The Bertz CT molecular complexity index is 280. The number of hydrogen-bond donors (Lipinski definition) is 1. The first-order valence-corrected chi connectivity index (χ1v) is 8.20. The van der Waals surface area contributed by atoms with E-state index in [1.54, 1.807) is 0 Å². The van der Waals surface area contributed by atoms with Gasteiger partial charge in [0.1, 0.15) is 0 Å². The minimum Gasteiger partial charge on any atom is -0.311 e. The lowest BCUT2D eigenvalue weighted by Crippen LogP contribution is -2.47. The summed E-state index contributed by atoms with van der Waals surface area (Å²) in [5.74, 6) is 0. The van der Waals surface area contributed by atoms with Gasteiger partial charge in [0.05, 0.1) is 0 Å². The van der Waals surface area contributed by atoms with Crippen molar-refractivity contribution >= 4 is 0 Å². The Labute approximate surface area is 120 Å². The molecule has 1 heterocycles. The number of rotatable bonds is 2. The van der Waals surface area contributed by atoms with Crippen LogP contribution in [0.2, 0.25) is 0 Å². The highest BCUT2D eigenvalue weighted by Crippen LogP contribution is 2.45. The largest absolute Gasteiger partial charge is 0.311 e. The highest BCUT2D eigenvalue weighted by molar-refractivity contribution is 4.93. The van der Waals surface area contributed by atoms with Gasteiger partial charge >= 0.3 is 0 Å². The average Bonchev–Trinajstić information content (AvgIpc) is 2.39. The van der Waals surface area contributed by atoms with Crippen molar-refractivity contribution < 1.29 is 0 Å². The molecule has 0 amide bonds. The van der Waals surface area contributed by atoms with Gasteiger partial charge in [0, 0.05) is 12.1 Å². The Hall–Kier alpha value is -0.0800. The second-order valence-corrected chi connectivity index (χ2v) is 8.71. The Balaban J connectivity index is 1.91. The third kappa shape index (κ3) is 4.75. The molecule has 0 radical (unpaired) electrons. The van der Waals surface area contributed by atoms with Crippen LogP contribution in [0.3, 0.4) is 0 Å². The molecule has 0 aromatic rings. The van der Waals surface area contributed by atoms with Gasteiger partial charge in [0.25, 0.3) is 0 Å². The molecule has 1 atom stereocenters. The molecule has 2 fully saturated rings. The molecule has 0 bridgehead atoms. The second-order valence-electron chi connectivity index (χ2n) is 8.71. The van der Waals surface area contributed by atoms with E-state index in [1.807, 2.05) is 0 Å². The first-order chi connectivity index (χ1) is 8.76. The Morgan fingerprint density at radius 3 is 2.16 bits per heavy atom. The van der Waals surface area contributed by atoms with Gasteiger partial charge in [0.2, 0.25) is 0 Å². The van der Waals surface area contributed by atoms with Gasteiger partial charge in [0.15, 0.2) is 0 Å². The van der Waals surface area contributed by atoms with Crippen LogP contribution in [0, 0.1) is 10.8 Å². The summed E-state index contributed by atoms with van der Waals surface area (Å²) in [5.41, 5.74) is 1.00. The molecule has 2 aliphatic rings. The number of hydrogen-bond acceptors (Lipinski definition) is 2. The summed E-state index contributed by atoms with van der Waals surface area (Å²) in [7, 11) is 2.26. The third-order valence-electron chi connectivity index (χ3n) is 4.98. The molecular weight excluding hydrogens is 232 g/mol. The molecule has 1 saturated heterocycles. The van der Waals surface area contributed by atoms with Gasteiger partial charge in [-0.3, -0.25) is 0 Å². The Kier molecular flexibility index (Phi) is 4.62. The van der Waals surface area contributed by atoms with Crippen molar-refractivity contribution in [2.24, 2.45) is 10.8 Å². The van der Waals surface area contributed by atoms with Gasteiger partial charge < -0.3 is 10.2 Å². The lowest BCUT2D eigenvalue weighted by molar-refractivity contribution is 0.0793. The molecule has 112 valence electrons. The van der Waals surface area contributed by atoms with Crippen molar-refractivity contribution in [2.45, 2.75) is 78.3 Å². The summed E-state index contributed by atoms with van der Waals surface area (Å²) in [6, 6.07) is 1.48. The van der Waals surface area contributed by atoms with Crippen molar-refractivity contribution in [2.75, 3.05) is 20.1 Å². The zero-order chi connectivity index (χ0) is 14.1. The van der Waals surface area contributed by atoms with Crippen molar-refractivity contribution in [1.29, 1.82) is 0 Å². The van der Waals surface area contributed by atoms with Crippen LogP contribution in [0.1, 0.15) is 66.2 Å². The van der Waals surface area contributed by atoms with Crippen LogP contribution in [0.25, 0.3) is 0 Å². The lowest BCUT2D eigenvalue weighted by Gasteiger charge is -2.46. The molecule has 19 heavy (non-hydrogen) atoms. The fourth-order valence-corrected chi connectivity index (χ4v) is 4.70. The Morgan fingerprint density at radius 2 is 1.53 bits per heavy atom. The van der Waals surface area contributed by atoms with Gasteiger partial charge in [-0.05, 0) is 69.5 Å². The maximum absolute atomic E-state index is 4.00. The van der Waals surface area contributed by atoms with E-state index < -0.39 is 0 Å². The van der Waals surface area contributed by atoms with E-state index in [-0.39, 0.29) is 0 Å². The van der Waals surface area contributed by atoms with Crippen LogP contribution < -0.4 is 5.32 Å². The van der Waals surface area contributed by atoms with E-state index in [0.717, 1.165) is 12.1 Å². The quantitative estimate of drug-likeness (QED) is 0.820. The van der Waals surface area contributed by atoms with Gasteiger partial charge in [-0.1, -0.05) is 27.7 Å². The van der Waals surface area contributed by atoms with Crippen molar-refractivity contribution in [3.05, 3.63) is 0 Å². The maximum Gasteiger partial charge on any atom is 0.00823 e. The predicted molar refractivity (Wildman–Crippen MR) is 83.5 cm³/mol. The topological polar surface area (TPSA) is 15.3 Å². The van der Waals surface area contributed by atoms with E-state index in [2.05, 4.69) is 45.0 Å². The number of nitrogens with one attached hydrogen (secondary N) is 1. The van der Waals surface area contributed by atoms with E-state index in [4.69, 9.17) is 0 Å². The zero-order valence-electron chi connectivity index (χ0n) is 13.8. The van der Waals surface area contributed by atoms with Crippen LogP contribution in [0.4, 0.5) is 0 Å². The molecule has 1 aliphatic heterocycles. The van der Waals surface area contributed by atoms with E-state index in [0.29, 0.717) is 10.8 Å². The van der Waals surface area contributed by atoms with Crippen LogP contribution >= 0.6 is 0 Å². The summed E-state index contributed by atoms with van der Waals surface area (Å²) in [6.45, 7) is 12.3. The maximum atomic E-state index is 4.00. The Morgan fingerprint density at radius 1 is 0.895 bits per heavy atom. The zero-order valence-corrected chi connectivity index (χ0v) is 13.8. The normalized spacial score (nSPS) is 33.0. The molecule has 0 aromatic heterocycles. The number of nitrogens with zero attached hydrogens (tertiary/aromatic N) is 1. The van der Waals surface area contributed by atoms with E-state index in [9.17, 15) is 0 Å². The molecule has 1 aliphatic carbocycles. The van der Waals surface area contributed by atoms with Crippen LogP contribution in [0.5, 0.6) is 0 Å². The molecule has 2 nitrogen and oxygen atoms in total. The molecule has 0 aromatic carbocycles. The smallest absolute Gasteiger partial charge is 0.00823 e. The summed E-state index contributed by atoms with van der Waals surface area (Å²) in [5, 5.41) is 4.00. The molecule has 0 spiro atoms. The van der Waals surface area contributed by atoms with Crippen molar-refractivity contribution in [1.82, 2.24) is 10.2 Å². The SMILES string of the molecule is CN1CCCC(NC2CC(C)(C)CC(C)(C)C2)CC1. The predicted octanol–water partition coefficient (Wildman–Crippen LogP) is 3.67. The van der Waals surface area contributed by atoms with Crippen LogP contribution in [-0.2, 0) is 0 Å². The summed E-state index contributed by atoms with van der Waals surface area (Å²) in [6.07, 6.45) is 8.11. The first kappa shape index (κ1) is 15.3. The molecule has 2 heteroatoms. The van der Waals surface area contributed by atoms with Crippen LogP contribution in [0.15, 0.2) is 0 Å². The number of likely N-dealkylation sites (tertiary alicyclic amines) is 1. The molecule has 1 unspecified atom stereocenters. The minimum atomic E-state index is 0.501. The minimum absolute atomic E-state index is 0.501. The van der Waals surface area contributed by atoms with Crippen LogP contribution in [-0.4, -0.2) is 37.1 Å². The fraction of sp³-hybridized carbons (Fsp3) is 1.00. The highest BCUT2D eigenvalue weighted by atomic mass is 15.1. The van der Waals surface area contributed by atoms with Crippen molar-refractivity contribution in [3.8, 4) is 0 Å². The lowest BCUT2D eigenvalue weighted by atomic mass is 9.63. The first-order valence-electron chi connectivity index (χ1n) is 8.20. The summed E-state index contributed by atoms with van der Waals surface area (Å²) >= 11 is 0. The van der Waals surface area contributed by atoms with Gasteiger partial charge in [-0.2, -0.15) is 0 Å². The molecule has 1 N–H and O–H groups in total. The third-order valence-corrected chi connectivity index (χ3v) is 4.98.